The van der Waals surface area contributed by atoms with Gasteiger partial charge in [0, 0.05) is 22.6 Å². The number of hydrogen-bond acceptors (Lipinski definition) is 3. The van der Waals surface area contributed by atoms with E-state index in [2.05, 4.69) is 12.7 Å². The minimum atomic E-state index is -1.11. The van der Waals surface area contributed by atoms with Gasteiger partial charge >= 0.3 is 0 Å². The first kappa shape index (κ1) is 26.6. The zero-order valence-corrected chi connectivity index (χ0v) is 20.5. The lowest BCUT2D eigenvalue weighted by Gasteiger charge is -2.29. The summed E-state index contributed by atoms with van der Waals surface area (Å²) in [5.74, 6) is -4.26. The van der Waals surface area contributed by atoms with Crippen molar-refractivity contribution in [1.29, 1.82) is 0 Å². The smallest absolute Gasteiger partial charge is 0.201 e. The summed E-state index contributed by atoms with van der Waals surface area (Å²) in [6.07, 6.45) is 6.31. The minimum Gasteiger partial charge on any atom is -0.486 e. The molecule has 0 aromatic heterocycles. The standard InChI is InChI=1S/C30H28F4O3/c1-3-5-6-7-19-17-36-30(37-18-19)24-13-12-22(26(31)28(24)33)20-8-10-21(11-9-20)23-14-15-25(35-16-4-2)29(34)27(23)32/h3-5,8-15,19,30H,2,6-7,16-18H2,1H3/b5-3+. The molecule has 3 aromatic carbocycles. The van der Waals surface area contributed by atoms with Crippen LogP contribution in [0.25, 0.3) is 22.3 Å². The third-order valence-corrected chi connectivity index (χ3v) is 6.22. The van der Waals surface area contributed by atoms with Crippen molar-refractivity contribution in [3.63, 3.8) is 0 Å². The fourth-order valence-corrected chi connectivity index (χ4v) is 4.20. The monoisotopic (exact) mass is 512 g/mol. The second kappa shape index (κ2) is 12.2. The molecule has 7 heteroatoms. The zero-order valence-electron chi connectivity index (χ0n) is 20.5. The summed E-state index contributed by atoms with van der Waals surface area (Å²) in [4.78, 5) is 0. The van der Waals surface area contributed by atoms with Gasteiger partial charge in [-0.2, -0.15) is 4.39 Å². The van der Waals surface area contributed by atoms with Crippen molar-refractivity contribution in [3.05, 3.63) is 102 Å². The molecule has 3 nitrogen and oxygen atoms in total. The molecule has 0 bridgehead atoms. The highest BCUT2D eigenvalue weighted by atomic mass is 19.2. The number of allylic oxidation sites excluding steroid dienone is 2. The normalized spacial score (nSPS) is 17.8. The van der Waals surface area contributed by atoms with Crippen LogP contribution in [0.5, 0.6) is 5.75 Å². The van der Waals surface area contributed by atoms with E-state index in [1.807, 2.05) is 13.0 Å². The highest BCUT2D eigenvalue weighted by Crippen LogP contribution is 2.35. The third-order valence-electron chi connectivity index (χ3n) is 6.22. The molecule has 0 amide bonds. The minimum absolute atomic E-state index is 0.00100. The second-order valence-electron chi connectivity index (χ2n) is 8.76. The Morgan fingerprint density at radius 1 is 0.838 bits per heavy atom. The van der Waals surface area contributed by atoms with E-state index in [1.165, 1.54) is 54.6 Å². The molecule has 37 heavy (non-hydrogen) atoms. The van der Waals surface area contributed by atoms with E-state index in [0.29, 0.717) is 24.3 Å². The largest absolute Gasteiger partial charge is 0.486 e. The molecule has 1 heterocycles. The fraction of sp³-hybridized carbons (Fsp3) is 0.267. The summed E-state index contributed by atoms with van der Waals surface area (Å²) >= 11 is 0. The van der Waals surface area contributed by atoms with Crippen LogP contribution < -0.4 is 4.74 Å². The van der Waals surface area contributed by atoms with Crippen LogP contribution in [0, 0.1) is 29.2 Å². The number of benzene rings is 3. The van der Waals surface area contributed by atoms with Gasteiger partial charge in [0.05, 0.1) is 13.2 Å². The molecule has 0 unspecified atom stereocenters. The topological polar surface area (TPSA) is 27.7 Å². The van der Waals surface area contributed by atoms with Gasteiger partial charge in [-0.25, -0.2) is 13.2 Å². The molecule has 1 aliphatic heterocycles. The summed E-state index contributed by atoms with van der Waals surface area (Å²) in [6, 6.07) is 11.7. The van der Waals surface area contributed by atoms with E-state index in [0.717, 1.165) is 12.8 Å². The summed E-state index contributed by atoms with van der Waals surface area (Å²) in [5, 5.41) is 0. The van der Waals surface area contributed by atoms with Gasteiger partial charge in [-0.05, 0) is 43.0 Å². The van der Waals surface area contributed by atoms with E-state index < -0.39 is 29.6 Å². The first-order chi connectivity index (χ1) is 17.9. The Hall–Kier alpha value is -3.42. The molecule has 0 atom stereocenters. The van der Waals surface area contributed by atoms with Gasteiger partial charge in [0.1, 0.15) is 6.61 Å². The van der Waals surface area contributed by atoms with Crippen molar-refractivity contribution in [1.82, 2.24) is 0 Å². The average molecular weight is 513 g/mol. The lowest BCUT2D eigenvalue weighted by molar-refractivity contribution is -0.207. The molecule has 0 radical (unpaired) electrons. The van der Waals surface area contributed by atoms with Gasteiger partial charge < -0.3 is 14.2 Å². The molecule has 1 aliphatic rings. The highest BCUT2D eigenvalue weighted by Gasteiger charge is 2.28. The van der Waals surface area contributed by atoms with Crippen LogP contribution in [-0.4, -0.2) is 19.8 Å². The Kier molecular flexibility index (Phi) is 8.79. The van der Waals surface area contributed by atoms with Crippen LogP contribution >= 0.6 is 0 Å². The molecular weight excluding hydrogens is 484 g/mol. The van der Waals surface area contributed by atoms with Crippen LogP contribution in [0.3, 0.4) is 0 Å². The van der Waals surface area contributed by atoms with Crippen molar-refractivity contribution < 1.29 is 31.8 Å². The van der Waals surface area contributed by atoms with Gasteiger partial charge in [0.25, 0.3) is 0 Å². The average Bonchev–Trinajstić information content (AvgIpc) is 2.92. The van der Waals surface area contributed by atoms with Crippen molar-refractivity contribution in [2.45, 2.75) is 26.1 Å². The van der Waals surface area contributed by atoms with Crippen LogP contribution in [0.1, 0.15) is 31.6 Å². The fourth-order valence-electron chi connectivity index (χ4n) is 4.20. The molecule has 0 spiro atoms. The maximum Gasteiger partial charge on any atom is 0.201 e. The quantitative estimate of drug-likeness (QED) is 0.214. The van der Waals surface area contributed by atoms with Crippen molar-refractivity contribution in [2.75, 3.05) is 19.8 Å². The van der Waals surface area contributed by atoms with E-state index in [4.69, 9.17) is 14.2 Å². The first-order valence-corrected chi connectivity index (χ1v) is 12.1. The van der Waals surface area contributed by atoms with Gasteiger partial charge in [0.15, 0.2) is 29.5 Å². The summed E-state index contributed by atoms with van der Waals surface area (Å²) < 4.78 is 75.5. The molecule has 0 saturated carbocycles. The summed E-state index contributed by atoms with van der Waals surface area (Å²) in [7, 11) is 0. The predicted molar refractivity (Wildman–Crippen MR) is 135 cm³/mol. The second-order valence-corrected chi connectivity index (χ2v) is 8.76. The zero-order chi connectivity index (χ0) is 26.4. The maximum absolute atomic E-state index is 15.0. The van der Waals surface area contributed by atoms with Crippen LogP contribution in [-0.2, 0) is 9.47 Å². The lowest BCUT2D eigenvalue weighted by Crippen LogP contribution is -2.27. The summed E-state index contributed by atoms with van der Waals surface area (Å²) in [6.45, 7) is 6.29. The van der Waals surface area contributed by atoms with Gasteiger partial charge in [0.2, 0.25) is 5.82 Å². The van der Waals surface area contributed by atoms with Crippen LogP contribution in [0.15, 0.2) is 73.3 Å². The Morgan fingerprint density at radius 2 is 1.43 bits per heavy atom. The summed E-state index contributed by atoms with van der Waals surface area (Å²) in [5.41, 5.74) is 0.815. The van der Waals surface area contributed by atoms with E-state index in [-0.39, 0.29) is 35.0 Å². The molecule has 1 fully saturated rings. The van der Waals surface area contributed by atoms with Crippen molar-refractivity contribution in [2.24, 2.45) is 5.92 Å². The Bertz CT molecular complexity index is 1260. The number of rotatable bonds is 9. The number of halogens is 4. The van der Waals surface area contributed by atoms with Gasteiger partial charge in [-0.15, -0.1) is 0 Å². The Balaban J connectivity index is 1.49. The molecule has 0 N–H and O–H groups in total. The van der Waals surface area contributed by atoms with Crippen molar-refractivity contribution >= 4 is 0 Å². The Morgan fingerprint density at radius 3 is 2.03 bits per heavy atom. The Labute approximate surface area is 214 Å². The molecule has 4 rings (SSSR count). The molecule has 194 valence electrons. The number of ether oxygens (including phenoxy) is 3. The molecule has 0 aliphatic carbocycles. The maximum atomic E-state index is 15.0. The first-order valence-electron chi connectivity index (χ1n) is 12.1. The molecule has 1 saturated heterocycles. The predicted octanol–water partition coefficient (Wildman–Crippen LogP) is 8.16. The van der Waals surface area contributed by atoms with Crippen LogP contribution in [0.4, 0.5) is 17.6 Å². The lowest BCUT2D eigenvalue weighted by atomic mass is 9.98. The van der Waals surface area contributed by atoms with Gasteiger partial charge in [-0.1, -0.05) is 61.2 Å². The van der Waals surface area contributed by atoms with E-state index in [1.54, 1.807) is 0 Å². The third kappa shape index (κ3) is 5.95. The molecule has 3 aromatic rings. The molecular formula is C30H28F4O3. The highest BCUT2D eigenvalue weighted by molar-refractivity contribution is 5.71. The van der Waals surface area contributed by atoms with E-state index in [9.17, 15) is 13.2 Å². The van der Waals surface area contributed by atoms with Gasteiger partial charge in [-0.3, -0.25) is 0 Å². The van der Waals surface area contributed by atoms with Crippen LogP contribution in [0.2, 0.25) is 0 Å². The van der Waals surface area contributed by atoms with E-state index >= 15 is 4.39 Å². The number of hydrogen-bond donors (Lipinski definition) is 0. The SMILES string of the molecule is C=CCOc1ccc(-c2ccc(-c3ccc(C4OCC(CC/C=C/C)CO4)c(F)c3F)cc2)c(F)c1F. The van der Waals surface area contributed by atoms with Crippen molar-refractivity contribution in [3.8, 4) is 28.0 Å².